The number of halogens is 1. The Kier molecular flexibility index (Phi) is 5.19. The Labute approximate surface area is 145 Å². The first-order valence-electron chi connectivity index (χ1n) is 8.75. The van der Waals surface area contributed by atoms with Crippen LogP contribution in [0.5, 0.6) is 0 Å². The maximum atomic E-state index is 13.8. The van der Waals surface area contributed by atoms with Gasteiger partial charge in [-0.05, 0) is 12.8 Å². The molecule has 0 aromatic rings. The van der Waals surface area contributed by atoms with Crippen LogP contribution < -0.4 is 10.6 Å². The quantitative estimate of drug-likeness (QED) is 0.667. The standard InChI is InChI=1S/C16H23FN4O4/c17-11-5-12(6-18-15(24)10-3-1-2-4-10)20(8-11)14(23)9-21-13(22)7-19-16(21)25/h10-12H,1-9H2,(H,18,24)(H,19,25)/t11-,12-/m0/s1. The molecule has 5 amide bonds. The molecule has 138 valence electrons. The molecule has 1 aliphatic carbocycles. The molecule has 0 radical (unpaired) electrons. The zero-order valence-electron chi connectivity index (χ0n) is 14.0. The molecule has 0 unspecified atom stereocenters. The third-order valence-corrected chi connectivity index (χ3v) is 5.15. The van der Waals surface area contributed by atoms with E-state index >= 15 is 0 Å². The maximum absolute atomic E-state index is 13.8. The monoisotopic (exact) mass is 354 g/mol. The number of amides is 5. The van der Waals surface area contributed by atoms with Crippen molar-refractivity contribution in [1.29, 1.82) is 0 Å². The molecule has 3 aliphatic rings. The molecule has 2 N–H and O–H groups in total. The van der Waals surface area contributed by atoms with Gasteiger partial charge in [-0.3, -0.25) is 19.3 Å². The van der Waals surface area contributed by atoms with E-state index < -0.39 is 36.6 Å². The average Bonchev–Trinajstić information content (AvgIpc) is 3.29. The van der Waals surface area contributed by atoms with E-state index in [2.05, 4.69) is 10.6 Å². The Morgan fingerprint density at radius 3 is 2.60 bits per heavy atom. The van der Waals surface area contributed by atoms with Gasteiger partial charge in [0.25, 0.3) is 5.91 Å². The molecule has 0 aromatic carbocycles. The second-order valence-electron chi connectivity index (χ2n) is 6.90. The highest BCUT2D eigenvalue weighted by Gasteiger charge is 2.38. The number of hydrogen-bond acceptors (Lipinski definition) is 4. The lowest BCUT2D eigenvalue weighted by Gasteiger charge is -2.26. The summed E-state index contributed by atoms with van der Waals surface area (Å²) in [7, 11) is 0. The predicted molar refractivity (Wildman–Crippen MR) is 85.1 cm³/mol. The highest BCUT2D eigenvalue weighted by Crippen LogP contribution is 2.25. The summed E-state index contributed by atoms with van der Waals surface area (Å²) in [5, 5.41) is 5.17. The van der Waals surface area contributed by atoms with Gasteiger partial charge in [-0.15, -0.1) is 0 Å². The zero-order chi connectivity index (χ0) is 18.0. The lowest BCUT2D eigenvalue weighted by Crippen LogP contribution is -2.48. The maximum Gasteiger partial charge on any atom is 0.325 e. The van der Waals surface area contributed by atoms with Gasteiger partial charge >= 0.3 is 6.03 Å². The van der Waals surface area contributed by atoms with Gasteiger partial charge in [0.15, 0.2) is 0 Å². The highest BCUT2D eigenvalue weighted by molar-refractivity contribution is 6.04. The molecule has 2 aliphatic heterocycles. The van der Waals surface area contributed by atoms with E-state index in [0.717, 1.165) is 30.6 Å². The molecule has 8 nitrogen and oxygen atoms in total. The van der Waals surface area contributed by atoms with Gasteiger partial charge in [0.1, 0.15) is 12.7 Å². The molecular formula is C16H23FN4O4. The Morgan fingerprint density at radius 1 is 1.24 bits per heavy atom. The summed E-state index contributed by atoms with van der Waals surface area (Å²) in [5.74, 6) is -0.981. The van der Waals surface area contributed by atoms with E-state index in [-0.39, 0.29) is 37.9 Å². The van der Waals surface area contributed by atoms with Crippen LogP contribution >= 0.6 is 0 Å². The minimum atomic E-state index is -1.17. The van der Waals surface area contributed by atoms with Crippen LogP contribution in [-0.4, -0.2) is 71.9 Å². The molecule has 9 heteroatoms. The van der Waals surface area contributed by atoms with Crippen molar-refractivity contribution in [2.75, 3.05) is 26.2 Å². The largest absolute Gasteiger partial charge is 0.354 e. The van der Waals surface area contributed by atoms with Crippen molar-refractivity contribution >= 4 is 23.8 Å². The predicted octanol–water partition coefficient (Wildman–Crippen LogP) is -0.216. The van der Waals surface area contributed by atoms with Crippen molar-refractivity contribution in [1.82, 2.24) is 20.4 Å². The first kappa shape index (κ1) is 17.6. The number of rotatable bonds is 5. The fraction of sp³-hybridized carbons (Fsp3) is 0.750. The molecule has 0 spiro atoms. The second-order valence-corrected chi connectivity index (χ2v) is 6.90. The lowest BCUT2D eigenvalue weighted by atomic mass is 10.1. The van der Waals surface area contributed by atoms with Crippen molar-refractivity contribution < 1.29 is 23.6 Å². The van der Waals surface area contributed by atoms with Crippen LogP contribution in [0.25, 0.3) is 0 Å². The van der Waals surface area contributed by atoms with Gasteiger partial charge in [0.05, 0.1) is 19.1 Å². The van der Waals surface area contributed by atoms with Crippen molar-refractivity contribution in [3.63, 3.8) is 0 Å². The molecule has 0 bridgehead atoms. The number of nitrogens with one attached hydrogen (secondary N) is 2. The molecule has 2 heterocycles. The third-order valence-electron chi connectivity index (χ3n) is 5.15. The van der Waals surface area contributed by atoms with Gasteiger partial charge in [0, 0.05) is 18.9 Å². The summed E-state index contributed by atoms with van der Waals surface area (Å²) in [6, 6.07) is -1.06. The minimum absolute atomic E-state index is 0.0117. The number of imide groups is 1. The van der Waals surface area contributed by atoms with Gasteiger partial charge in [-0.25, -0.2) is 9.18 Å². The first-order chi connectivity index (χ1) is 12.0. The third kappa shape index (κ3) is 3.91. The van der Waals surface area contributed by atoms with Crippen LogP contribution in [0.4, 0.5) is 9.18 Å². The average molecular weight is 354 g/mol. The summed E-state index contributed by atoms with van der Waals surface area (Å²) in [6.07, 6.45) is 2.82. The number of nitrogens with zero attached hydrogens (tertiary/aromatic N) is 2. The molecule has 0 aromatic heterocycles. The fourth-order valence-corrected chi connectivity index (χ4v) is 3.75. The lowest BCUT2D eigenvalue weighted by molar-refractivity contribution is -0.137. The van der Waals surface area contributed by atoms with Crippen molar-refractivity contribution in [2.24, 2.45) is 5.92 Å². The molecule has 1 saturated carbocycles. The van der Waals surface area contributed by atoms with E-state index in [1.165, 1.54) is 4.90 Å². The van der Waals surface area contributed by atoms with E-state index in [1.54, 1.807) is 0 Å². The number of likely N-dealkylation sites (tertiary alicyclic amines) is 1. The normalized spacial score (nSPS) is 27.1. The smallest absolute Gasteiger partial charge is 0.325 e. The van der Waals surface area contributed by atoms with Crippen molar-refractivity contribution in [3.8, 4) is 0 Å². The molecule has 2 saturated heterocycles. The molecule has 2 atom stereocenters. The Bertz CT molecular complexity index is 562. The minimum Gasteiger partial charge on any atom is -0.354 e. The second kappa shape index (κ2) is 7.37. The van der Waals surface area contributed by atoms with Crippen molar-refractivity contribution in [2.45, 2.75) is 44.3 Å². The van der Waals surface area contributed by atoms with E-state index in [9.17, 15) is 23.6 Å². The summed E-state index contributed by atoms with van der Waals surface area (Å²) in [4.78, 5) is 49.8. The SMILES string of the molecule is O=C(NC[C@@H]1C[C@H](F)CN1C(=O)CN1C(=O)CNC1=O)C1CCCC1. The fourth-order valence-electron chi connectivity index (χ4n) is 3.75. The van der Waals surface area contributed by atoms with Gasteiger partial charge in [0.2, 0.25) is 11.8 Å². The number of urea groups is 1. The van der Waals surface area contributed by atoms with Crippen LogP contribution in [0, 0.1) is 5.92 Å². The van der Waals surface area contributed by atoms with E-state index in [4.69, 9.17) is 0 Å². The van der Waals surface area contributed by atoms with Crippen LogP contribution in [0.3, 0.4) is 0 Å². The molecule has 3 fully saturated rings. The van der Waals surface area contributed by atoms with E-state index in [0.29, 0.717) is 0 Å². The summed E-state index contributed by atoms with van der Waals surface area (Å²) in [5.41, 5.74) is 0. The number of alkyl halides is 1. The molecular weight excluding hydrogens is 331 g/mol. The molecule has 3 rings (SSSR count). The van der Waals surface area contributed by atoms with Crippen LogP contribution in [0.1, 0.15) is 32.1 Å². The van der Waals surface area contributed by atoms with Gasteiger partial charge < -0.3 is 15.5 Å². The highest BCUT2D eigenvalue weighted by atomic mass is 19.1. The van der Waals surface area contributed by atoms with Crippen LogP contribution in [0.2, 0.25) is 0 Å². The van der Waals surface area contributed by atoms with Crippen LogP contribution in [-0.2, 0) is 14.4 Å². The Hall–Kier alpha value is -2.19. The number of hydrogen-bond donors (Lipinski definition) is 2. The first-order valence-corrected chi connectivity index (χ1v) is 8.75. The topological polar surface area (TPSA) is 98.8 Å². The number of carbonyl (C=O) groups excluding carboxylic acids is 4. The Balaban J connectivity index is 1.55. The Morgan fingerprint density at radius 2 is 1.96 bits per heavy atom. The molecule has 25 heavy (non-hydrogen) atoms. The summed E-state index contributed by atoms with van der Waals surface area (Å²) in [6.45, 7) is -0.405. The van der Waals surface area contributed by atoms with Crippen LogP contribution in [0.15, 0.2) is 0 Å². The van der Waals surface area contributed by atoms with Crippen molar-refractivity contribution in [3.05, 3.63) is 0 Å². The van der Waals surface area contributed by atoms with E-state index in [1.807, 2.05) is 0 Å². The van der Waals surface area contributed by atoms with Gasteiger partial charge in [-0.1, -0.05) is 12.8 Å². The summed E-state index contributed by atoms with van der Waals surface area (Å²) < 4.78 is 13.8. The zero-order valence-corrected chi connectivity index (χ0v) is 14.0. The summed E-state index contributed by atoms with van der Waals surface area (Å²) >= 11 is 0. The number of carbonyl (C=O) groups is 4. The van der Waals surface area contributed by atoms with Gasteiger partial charge in [-0.2, -0.15) is 0 Å².